The normalized spacial score (nSPS) is 25.5. The summed E-state index contributed by atoms with van der Waals surface area (Å²) in [4.78, 5) is 21.2. The molecule has 0 bridgehead atoms. The smallest absolute Gasteiger partial charge is 0.239 e. The molecule has 2 fully saturated rings. The molecule has 122 valence electrons. The number of amides is 1. The summed E-state index contributed by atoms with van der Waals surface area (Å²) in [6.07, 6.45) is 3.97. The second kappa shape index (κ2) is 7.79. The Balaban J connectivity index is 0.00000176. The van der Waals surface area contributed by atoms with Gasteiger partial charge in [-0.25, -0.2) is 4.98 Å². The summed E-state index contributed by atoms with van der Waals surface area (Å²) in [6.45, 7) is 6.52. The van der Waals surface area contributed by atoms with Gasteiger partial charge >= 0.3 is 0 Å². The molecule has 3 heterocycles. The Kier molecular flexibility index (Phi) is 6.03. The molecule has 2 unspecified atom stereocenters. The fourth-order valence-corrected chi connectivity index (χ4v) is 3.21. The van der Waals surface area contributed by atoms with Crippen LogP contribution in [0.3, 0.4) is 0 Å². The molecule has 2 aliphatic rings. The molecule has 2 saturated heterocycles. The van der Waals surface area contributed by atoms with Crippen molar-refractivity contribution in [2.75, 3.05) is 37.6 Å². The lowest BCUT2D eigenvalue weighted by Gasteiger charge is -2.38. The molecule has 1 aromatic rings. The van der Waals surface area contributed by atoms with Gasteiger partial charge in [0.15, 0.2) is 0 Å². The van der Waals surface area contributed by atoms with Crippen LogP contribution in [0.1, 0.15) is 19.8 Å². The summed E-state index contributed by atoms with van der Waals surface area (Å²) in [5.41, 5.74) is 0. The molecule has 5 nitrogen and oxygen atoms in total. The number of anilines is 1. The number of carbonyl (C=O) groups excluding carboxylic acids is 1. The highest BCUT2D eigenvalue weighted by Gasteiger charge is 2.30. The third-order valence-electron chi connectivity index (χ3n) is 4.53. The highest BCUT2D eigenvalue weighted by Crippen LogP contribution is 2.18. The van der Waals surface area contributed by atoms with Crippen molar-refractivity contribution in [2.45, 2.75) is 25.8 Å². The van der Waals surface area contributed by atoms with Crippen molar-refractivity contribution in [1.29, 1.82) is 0 Å². The Labute approximate surface area is 138 Å². The molecule has 22 heavy (non-hydrogen) atoms. The third kappa shape index (κ3) is 3.90. The Hall–Kier alpha value is -1.33. The van der Waals surface area contributed by atoms with Crippen LogP contribution in [-0.2, 0) is 4.79 Å². The lowest BCUT2D eigenvalue weighted by molar-refractivity contribution is -0.134. The molecular weight excluding hydrogens is 300 g/mol. The van der Waals surface area contributed by atoms with Crippen LogP contribution in [0.25, 0.3) is 0 Å². The van der Waals surface area contributed by atoms with E-state index in [1.165, 1.54) is 6.42 Å². The maximum absolute atomic E-state index is 12.6. The molecule has 1 amide bonds. The van der Waals surface area contributed by atoms with Crippen molar-refractivity contribution < 1.29 is 4.79 Å². The van der Waals surface area contributed by atoms with E-state index in [1.54, 1.807) is 0 Å². The summed E-state index contributed by atoms with van der Waals surface area (Å²) >= 11 is 0. The van der Waals surface area contributed by atoms with Crippen LogP contribution >= 0.6 is 12.4 Å². The van der Waals surface area contributed by atoms with Crippen molar-refractivity contribution in [3.05, 3.63) is 24.4 Å². The average molecular weight is 325 g/mol. The number of nitrogens with zero attached hydrogens (tertiary/aromatic N) is 3. The van der Waals surface area contributed by atoms with E-state index in [-0.39, 0.29) is 24.4 Å². The molecule has 0 aliphatic carbocycles. The summed E-state index contributed by atoms with van der Waals surface area (Å²) in [6, 6.07) is 5.99. The Bertz CT molecular complexity index is 476. The van der Waals surface area contributed by atoms with Gasteiger partial charge in [-0.1, -0.05) is 13.0 Å². The Morgan fingerprint density at radius 2 is 2.05 bits per heavy atom. The molecule has 2 aliphatic heterocycles. The number of rotatable bonds is 2. The fraction of sp³-hybridized carbons (Fsp3) is 0.625. The monoisotopic (exact) mass is 324 g/mol. The van der Waals surface area contributed by atoms with Crippen LogP contribution in [-0.4, -0.2) is 54.6 Å². The van der Waals surface area contributed by atoms with Crippen molar-refractivity contribution in [2.24, 2.45) is 5.92 Å². The van der Waals surface area contributed by atoms with Crippen LogP contribution in [0.5, 0.6) is 0 Å². The van der Waals surface area contributed by atoms with Crippen molar-refractivity contribution in [1.82, 2.24) is 15.2 Å². The highest BCUT2D eigenvalue weighted by atomic mass is 35.5. The van der Waals surface area contributed by atoms with Crippen molar-refractivity contribution in [3.63, 3.8) is 0 Å². The molecule has 0 aromatic carbocycles. The van der Waals surface area contributed by atoms with Gasteiger partial charge in [0.1, 0.15) is 5.82 Å². The van der Waals surface area contributed by atoms with Crippen LogP contribution in [0.2, 0.25) is 0 Å². The molecule has 0 spiro atoms. The molecule has 6 heteroatoms. The zero-order chi connectivity index (χ0) is 14.7. The van der Waals surface area contributed by atoms with Gasteiger partial charge in [-0.05, 0) is 37.4 Å². The number of hydrogen-bond donors (Lipinski definition) is 1. The SMILES string of the molecule is CC1CCNC(C(=O)N2CCN(c3ccccn3)CC2)C1.Cl. The van der Waals surface area contributed by atoms with Crippen LogP contribution in [0.4, 0.5) is 5.82 Å². The summed E-state index contributed by atoms with van der Waals surface area (Å²) < 4.78 is 0. The largest absolute Gasteiger partial charge is 0.353 e. The Morgan fingerprint density at radius 3 is 2.68 bits per heavy atom. The second-order valence-electron chi connectivity index (χ2n) is 6.14. The van der Waals surface area contributed by atoms with Gasteiger partial charge < -0.3 is 15.1 Å². The molecule has 0 saturated carbocycles. The van der Waals surface area contributed by atoms with Gasteiger partial charge in [0.05, 0.1) is 6.04 Å². The Morgan fingerprint density at radius 1 is 1.27 bits per heavy atom. The van der Waals surface area contributed by atoms with E-state index >= 15 is 0 Å². The first kappa shape index (κ1) is 17.0. The highest BCUT2D eigenvalue weighted by molar-refractivity contribution is 5.85. The van der Waals surface area contributed by atoms with Crippen LogP contribution < -0.4 is 10.2 Å². The average Bonchev–Trinajstić information content (AvgIpc) is 2.55. The minimum atomic E-state index is 0. The number of nitrogens with one attached hydrogen (secondary N) is 1. The maximum atomic E-state index is 12.6. The van der Waals surface area contributed by atoms with E-state index in [0.29, 0.717) is 5.92 Å². The maximum Gasteiger partial charge on any atom is 0.239 e. The summed E-state index contributed by atoms with van der Waals surface area (Å²) in [5, 5.41) is 3.37. The molecule has 0 radical (unpaired) electrons. The lowest BCUT2D eigenvalue weighted by Crippen LogP contribution is -2.55. The van der Waals surface area contributed by atoms with Crippen molar-refractivity contribution in [3.8, 4) is 0 Å². The third-order valence-corrected chi connectivity index (χ3v) is 4.53. The summed E-state index contributed by atoms with van der Waals surface area (Å²) in [5.74, 6) is 1.94. The predicted octanol–water partition coefficient (Wildman–Crippen LogP) is 1.54. The van der Waals surface area contributed by atoms with E-state index in [1.807, 2.05) is 29.3 Å². The van der Waals surface area contributed by atoms with Gasteiger partial charge in [-0.15, -0.1) is 12.4 Å². The zero-order valence-corrected chi connectivity index (χ0v) is 13.9. The van der Waals surface area contributed by atoms with Gasteiger partial charge in [0.25, 0.3) is 0 Å². The quantitative estimate of drug-likeness (QED) is 0.896. The molecule has 1 N–H and O–H groups in total. The first-order chi connectivity index (χ1) is 10.2. The van der Waals surface area contributed by atoms with E-state index in [2.05, 4.69) is 22.1 Å². The van der Waals surface area contributed by atoms with E-state index in [4.69, 9.17) is 0 Å². The van der Waals surface area contributed by atoms with Gasteiger partial charge in [0, 0.05) is 32.4 Å². The van der Waals surface area contributed by atoms with Crippen LogP contribution in [0, 0.1) is 5.92 Å². The van der Waals surface area contributed by atoms with E-state index in [9.17, 15) is 4.79 Å². The second-order valence-corrected chi connectivity index (χ2v) is 6.14. The lowest BCUT2D eigenvalue weighted by atomic mass is 9.93. The zero-order valence-electron chi connectivity index (χ0n) is 13.1. The number of piperazine rings is 1. The predicted molar refractivity (Wildman–Crippen MR) is 90.5 cm³/mol. The molecular formula is C16H25ClN4O. The van der Waals surface area contributed by atoms with Gasteiger partial charge in [-0.3, -0.25) is 4.79 Å². The molecule has 2 atom stereocenters. The number of pyridine rings is 1. The number of carbonyl (C=O) groups is 1. The fourth-order valence-electron chi connectivity index (χ4n) is 3.21. The number of aromatic nitrogens is 1. The van der Waals surface area contributed by atoms with E-state index < -0.39 is 0 Å². The molecule has 1 aromatic heterocycles. The first-order valence-electron chi connectivity index (χ1n) is 7.92. The van der Waals surface area contributed by atoms with Gasteiger partial charge in [0.2, 0.25) is 5.91 Å². The molecule has 3 rings (SSSR count). The topological polar surface area (TPSA) is 48.5 Å². The first-order valence-corrected chi connectivity index (χ1v) is 7.92. The van der Waals surface area contributed by atoms with E-state index in [0.717, 1.165) is 45.0 Å². The van der Waals surface area contributed by atoms with Gasteiger partial charge in [-0.2, -0.15) is 0 Å². The number of hydrogen-bond acceptors (Lipinski definition) is 4. The number of piperidine rings is 1. The number of halogens is 1. The van der Waals surface area contributed by atoms with Crippen LogP contribution in [0.15, 0.2) is 24.4 Å². The van der Waals surface area contributed by atoms with Crippen molar-refractivity contribution >= 4 is 24.1 Å². The summed E-state index contributed by atoms with van der Waals surface area (Å²) in [7, 11) is 0. The minimum absolute atomic E-state index is 0. The minimum Gasteiger partial charge on any atom is -0.353 e. The standard InChI is InChI=1S/C16H24N4O.ClH/c1-13-5-7-17-14(12-13)16(21)20-10-8-19(9-11-20)15-4-2-3-6-18-15;/h2-4,6,13-14,17H,5,7-12H2,1H3;1H.